The maximum absolute atomic E-state index is 15.6. The minimum absolute atomic E-state index is 0.0351. The van der Waals surface area contributed by atoms with Crippen molar-refractivity contribution in [3.8, 4) is 5.75 Å². The van der Waals surface area contributed by atoms with Crippen LogP contribution in [0.4, 0.5) is 25.1 Å². The summed E-state index contributed by atoms with van der Waals surface area (Å²) >= 11 is 0. The summed E-state index contributed by atoms with van der Waals surface area (Å²) in [5, 5.41) is 21.0. The molecule has 3 fully saturated rings. The first-order valence-corrected chi connectivity index (χ1v) is 16.6. The van der Waals surface area contributed by atoms with Crippen LogP contribution >= 0.6 is 0 Å². The molecule has 0 bridgehead atoms. The molecule has 3 N–H and O–H groups in total. The van der Waals surface area contributed by atoms with E-state index in [1.54, 1.807) is 9.47 Å². The van der Waals surface area contributed by atoms with Gasteiger partial charge in [-0.2, -0.15) is 0 Å². The molecule has 2 amide bonds. The lowest BCUT2D eigenvalue weighted by molar-refractivity contribution is -0.167. The van der Waals surface area contributed by atoms with E-state index in [4.69, 9.17) is 19.3 Å². The Balaban J connectivity index is 1.19. The molecule has 18 heteroatoms. The Labute approximate surface area is 293 Å². The van der Waals surface area contributed by atoms with Gasteiger partial charge < -0.3 is 39.2 Å². The lowest BCUT2D eigenvalue weighted by atomic mass is 9.91. The van der Waals surface area contributed by atoms with Crippen LogP contribution in [0.1, 0.15) is 61.8 Å². The second kappa shape index (κ2) is 14.4. The average Bonchev–Trinajstić information content (AvgIpc) is 3.87. The topological polar surface area (TPSA) is 207 Å². The van der Waals surface area contributed by atoms with E-state index in [-0.39, 0.29) is 85.9 Å². The minimum Gasteiger partial charge on any atom is -0.486 e. The number of carboxylic acids is 2. The fourth-order valence-electron chi connectivity index (χ4n) is 6.23. The number of benzene rings is 1. The normalized spacial score (nSPS) is 18.2. The van der Waals surface area contributed by atoms with E-state index >= 15 is 8.78 Å². The number of aliphatic carboxylic acids is 1. The summed E-state index contributed by atoms with van der Waals surface area (Å²) in [6, 6.07) is 4.68. The van der Waals surface area contributed by atoms with Crippen molar-refractivity contribution in [3.05, 3.63) is 57.9 Å². The first kappa shape index (κ1) is 36.0. The van der Waals surface area contributed by atoms with Gasteiger partial charge in [0.1, 0.15) is 29.5 Å². The molecule has 0 unspecified atom stereocenters. The van der Waals surface area contributed by atoms with Crippen molar-refractivity contribution in [2.75, 3.05) is 42.6 Å². The Bertz CT molecular complexity index is 2010. The van der Waals surface area contributed by atoms with Gasteiger partial charge in [0.25, 0.3) is 0 Å². The molecule has 0 radical (unpaired) electrons. The molecule has 6 rings (SSSR count). The number of aromatic carboxylic acids is 1. The highest BCUT2D eigenvalue weighted by Gasteiger charge is 2.41. The van der Waals surface area contributed by atoms with Crippen LogP contribution in [0.3, 0.4) is 0 Å². The van der Waals surface area contributed by atoms with Crippen LogP contribution in [0.25, 0.3) is 11.0 Å². The number of esters is 1. The highest BCUT2D eigenvalue weighted by Crippen LogP contribution is 2.38. The molecule has 1 aliphatic carbocycles. The van der Waals surface area contributed by atoms with E-state index in [0.29, 0.717) is 0 Å². The molecule has 3 aromatic rings. The van der Waals surface area contributed by atoms with Gasteiger partial charge in [-0.3, -0.25) is 24.1 Å². The molecule has 2 saturated heterocycles. The fraction of sp³-hybridized carbons (Fsp3) is 0.441. The summed E-state index contributed by atoms with van der Waals surface area (Å²) in [5.74, 6) is -5.78. The number of anilines is 2. The van der Waals surface area contributed by atoms with Crippen LogP contribution in [0.5, 0.6) is 5.75 Å². The van der Waals surface area contributed by atoms with Crippen molar-refractivity contribution >= 4 is 52.4 Å². The van der Waals surface area contributed by atoms with E-state index < -0.39 is 71.2 Å². The number of amides is 2. The van der Waals surface area contributed by atoms with E-state index in [9.17, 15) is 33.9 Å². The van der Waals surface area contributed by atoms with E-state index in [2.05, 4.69) is 10.3 Å². The summed E-state index contributed by atoms with van der Waals surface area (Å²) in [5.41, 5.74) is -2.41. The smallest absolute Gasteiger partial charge is 0.414 e. The molecule has 52 heavy (non-hydrogen) atoms. The van der Waals surface area contributed by atoms with Crippen molar-refractivity contribution in [1.82, 2.24) is 14.9 Å². The molecule has 4 heterocycles. The molecule has 1 atom stereocenters. The van der Waals surface area contributed by atoms with Gasteiger partial charge >= 0.3 is 24.0 Å². The van der Waals surface area contributed by atoms with Crippen LogP contribution in [-0.2, 0) is 23.9 Å². The van der Waals surface area contributed by atoms with Gasteiger partial charge in [0.2, 0.25) is 11.3 Å². The molecular weight excluding hydrogens is 692 g/mol. The zero-order chi connectivity index (χ0) is 37.3. The molecule has 2 aliphatic heterocycles. The zero-order valence-electron chi connectivity index (χ0n) is 27.9. The van der Waals surface area contributed by atoms with E-state index in [1.165, 1.54) is 30.2 Å². The molecule has 1 saturated carbocycles. The average molecular weight is 728 g/mol. The van der Waals surface area contributed by atoms with Crippen LogP contribution in [0.15, 0.2) is 35.3 Å². The van der Waals surface area contributed by atoms with E-state index in [1.807, 2.05) is 0 Å². The Kier molecular flexibility index (Phi) is 9.99. The Morgan fingerprint density at radius 3 is 2.42 bits per heavy atom. The minimum atomic E-state index is -1.43. The predicted octanol–water partition coefficient (Wildman–Crippen LogP) is 3.00. The number of rotatable bonds is 13. The highest BCUT2D eigenvalue weighted by atomic mass is 19.1. The number of pyridine rings is 2. The number of aromatic nitrogens is 2. The van der Waals surface area contributed by atoms with Gasteiger partial charge in [-0.15, -0.1) is 0 Å². The maximum Gasteiger partial charge on any atom is 0.414 e. The largest absolute Gasteiger partial charge is 0.486 e. The number of hydrogen-bond acceptors (Lipinski definition) is 11. The molecule has 1 aromatic carbocycles. The van der Waals surface area contributed by atoms with Gasteiger partial charge in [-0.05, 0) is 31.0 Å². The van der Waals surface area contributed by atoms with E-state index in [0.717, 1.165) is 25.0 Å². The molecule has 0 spiro atoms. The number of fused-ring (bicyclic) bond motifs is 1. The number of ether oxygens (including phenoxy) is 3. The van der Waals surface area contributed by atoms with Crippen LogP contribution in [0, 0.1) is 11.6 Å². The van der Waals surface area contributed by atoms with Gasteiger partial charge in [0.05, 0.1) is 37.0 Å². The fourth-order valence-corrected chi connectivity index (χ4v) is 6.23. The predicted molar refractivity (Wildman–Crippen MR) is 177 cm³/mol. The van der Waals surface area contributed by atoms with Gasteiger partial charge in [-0.1, -0.05) is 0 Å². The third-order valence-corrected chi connectivity index (χ3v) is 9.13. The number of carbonyl (C=O) groups is 5. The second-order valence-electron chi connectivity index (χ2n) is 13.0. The number of nitrogens with zero attached hydrogens (tertiary/aromatic N) is 4. The summed E-state index contributed by atoms with van der Waals surface area (Å²) in [7, 11) is 0. The number of carbonyl (C=O) groups excluding carboxylic acids is 3. The zero-order valence-corrected chi connectivity index (χ0v) is 27.9. The first-order chi connectivity index (χ1) is 24.7. The monoisotopic (exact) mass is 727 g/mol. The number of hydrogen-bond donors (Lipinski definition) is 3. The van der Waals surface area contributed by atoms with Gasteiger partial charge in [-0.25, -0.2) is 23.4 Å². The number of cyclic esters (lactones) is 1. The molecular formula is C34H35F2N5O11. The third kappa shape index (κ3) is 7.74. The summed E-state index contributed by atoms with van der Waals surface area (Å²) in [4.78, 5) is 79.3. The Morgan fingerprint density at radius 1 is 1.06 bits per heavy atom. The lowest BCUT2D eigenvalue weighted by Crippen LogP contribution is -2.51. The maximum atomic E-state index is 15.6. The van der Waals surface area contributed by atoms with Gasteiger partial charge in [0.15, 0.2) is 23.2 Å². The molecule has 2 aromatic heterocycles. The van der Waals surface area contributed by atoms with Crippen LogP contribution in [-0.4, -0.2) is 94.2 Å². The molecule has 276 valence electrons. The van der Waals surface area contributed by atoms with Crippen molar-refractivity contribution in [3.63, 3.8) is 0 Å². The quantitative estimate of drug-likeness (QED) is 0.217. The molecule has 3 aliphatic rings. The van der Waals surface area contributed by atoms with Crippen molar-refractivity contribution in [2.24, 2.45) is 0 Å². The Hall–Kier alpha value is -5.81. The summed E-state index contributed by atoms with van der Waals surface area (Å²) in [6.07, 6.45) is 0.489. The molecule has 16 nitrogen and oxygen atoms in total. The van der Waals surface area contributed by atoms with Crippen molar-refractivity contribution in [1.29, 1.82) is 0 Å². The third-order valence-electron chi connectivity index (χ3n) is 9.13. The number of carboxylic acid groups (broad SMARTS) is 2. The number of nitrogens with one attached hydrogen (secondary N) is 1. The van der Waals surface area contributed by atoms with Crippen LogP contribution < -0.4 is 25.3 Å². The van der Waals surface area contributed by atoms with Crippen molar-refractivity contribution < 1.29 is 57.2 Å². The summed E-state index contributed by atoms with van der Waals surface area (Å²) in [6.45, 7) is 1.25. The second-order valence-corrected chi connectivity index (χ2v) is 13.0. The van der Waals surface area contributed by atoms with Gasteiger partial charge in [0, 0.05) is 51.2 Å². The first-order valence-electron chi connectivity index (χ1n) is 16.6. The number of halogens is 2. The van der Waals surface area contributed by atoms with Crippen LogP contribution in [0.2, 0.25) is 0 Å². The lowest BCUT2D eigenvalue weighted by Gasteiger charge is -2.41. The standard InChI is InChI=1S/C34H35F2N5O11/c1-18(42)37-14-21-15-41(33(49)51-21)20-4-5-26(24(35)12-20)50-17-34(52-28(45)7-6-27(43)44)8-10-39(11-9-34)31-25(36)13-22-29(46)23(32(47)48)16-40(19-2-3-19)30(22)38-31/h4-5,12-13,16,19,21H,2-3,6-11,14-15,17H2,1H3,(H,37,42)(H,43,44)(H,47,48)/t21-/m0/s1. The summed E-state index contributed by atoms with van der Waals surface area (Å²) < 4.78 is 49.3. The Morgan fingerprint density at radius 2 is 1.79 bits per heavy atom. The highest BCUT2D eigenvalue weighted by molar-refractivity contribution is 5.92. The SMILES string of the molecule is CC(=O)NC[C@H]1CN(c2ccc(OCC3(OC(=O)CCC(=O)O)CCN(c4nc5c(cc4F)c(=O)c(C(=O)O)cn5C4CC4)CC3)c(F)c2)C(=O)O1. The number of piperidine rings is 1. The van der Waals surface area contributed by atoms with Crippen molar-refractivity contribution in [2.45, 2.75) is 63.2 Å².